The minimum Gasteiger partial charge on any atom is -0.327 e. The molecule has 3 fully saturated rings. The Morgan fingerprint density at radius 3 is 3.00 bits per heavy atom. The third-order valence-corrected chi connectivity index (χ3v) is 7.06. The molecule has 2 aliphatic heterocycles. The van der Waals surface area contributed by atoms with Crippen LogP contribution in [0.5, 0.6) is 0 Å². The van der Waals surface area contributed by atoms with Crippen molar-refractivity contribution >= 4 is 28.9 Å². The molecule has 31 heavy (non-hydrogen) atoms. The number of carbonyl (C=O) groups is 1. The lowest BCUT2D eigenvalue weighted by Crippen LogP contribution is -2.52. The van der Waals surface area contributed by atoms with E-state index in [1.165, 1.54) is 18.5 Å². The number of aromatic nitrogens is 5. The largest absolute Gasteiger partial charge is 0.327 e. The van der Waals surface area contributed by atoms with Crippen molar-refractivity contribution in [3.05, 3.63) is 30.1 Å². The molecule has 0 bridgehead atoms. The summed E-state index contributed by atoms with van der Waals surface area (Å²) in [5, 5.41) is 18.9. The summed E-state index contributed by atoms with van der Waals surface area (Å²) in [6.45, 7) is 4.72. The molecule has 1 saturated carbocycles. The predicted molar refractivity (Wildman–Crippen MR) is 118 cm³/mol. The van der Waals surface area contributed by atoms with Crippen molar-refractivity contribution in [3.63, 3.8) is 0 Å². The lowest BCUT2D eigenvalue weighted by atomic mass is 9.85. The van der Waals surface area contributed by atoms with Crippen LogP contribution < -0.4 is 15.5 Å². The summed E-state index contributed by atoms with van der Waals surface area (Å²) < 4.78 is 1.83. The van der Waals surface area contributed by atoms with Crippen LogP contribution in [0.3, 0.4) is 0 Å². The first-order valence-electron chi connectivity index (χ1n) is 11.3. The van der Waals surface area contributed by atoms with E-state index in [2.05, 4.69) is 38.7 Å². The van der Waals surface area contributed by atoms with Gasteiger partial charge in [0.25, 0.3) is 0 Å². The number of aromatic amines is 1. The van der Waals surface area contributed by atoms with Crippen molar-refractivity contribution in [2.45, 2.75) is 50.5 Å². The second-order valence-electron chi connectivity index (χ2n) is 9.39. The lowest BCUT2D eigenvalue weighted by Gasteiger charge is -2.36. The van der Waals surface area contributed by atoms with Gasteiger partial charge in [-0.25, -0.2) is 4.52 Å². The molecule has 5 heterocycles. The van der Waals surface area contributed by atoms with Crippen LogP contribution in [0.15, 0.2) is 24.4 Å². The summed E-state index contributed by atoms with van der Waals surface area (Å²) in [4.78, 5) is 20.2. The second-order valence-corrected chi connectivity index (χ2v) is 9.39. The van der Waals surface area contributed by atoms with Gasteiger partial charge in [0.15, 0.2) is 17.4 Å². The summed E-state index contributed by atoms with van der Waals surface area (Å²) in [6.07, 6.45) is 6.79. The average Bonchev–Trinajstić information content (AvgIpc) is 3.12. The maximum Gasteiger partial charge on any atom is 0.246 e. The van der Waals surface area contributed by atoms with E-state index in [1.807, 2.05) is 22.8 Å². The number of Topliss-reactive ketones (excluding diaryl/α,β-unsaturated/α-hetero) is 1. The Kier molecular flexibility index (Phi) is 4.27. The van der Waals surface area contributed by atoms with Gasteiger partial charge in [0.2, 0.25) is 5.95 Å². The van der Waals surface area contributed by atoms with Crippen LogP contribution in [-0.2, 0) is 4.79 Å². The number of hydrogen-bond acceptors (Lipinski definition) is 7. The van der Waals surface area contributed by atoms with Gasteiger partial charge >= 0.3 is 0 Å². The number of carbonyl (C=O) groups excluding carboxylic acids is 1. The Morgan fingerprint density at radius 2 is 2.23 bits per heavy atom. The first-order chi connectivity index (χ1) is 15.1. The maximum atomic E-state index is 13.3. The molecule has 0 unspecified atom stereocenters. The van der Waals surface area contributed by atoms with Gasteiger partial charge in [-0.3, -0.25) is 9.89 Å². The second kappa shape index (κ2) is 7.05. The zero-order valence-electron chi connectivity index (χ0n) is 17.8. The van der Waals surface area contributed by atoms with Gasteiger partial charge in [-0.2, -0.15) is 10.1 Å². The van der Waals surface area contributed by atoms with Crippen molar-refractivity contribution in [3.8, 4) is 0 Å². The van der Waals surface area contributed by atoms with Crippen LogP contribution in [0, 0.1) is 5.92 Å². The number of ketones is 1. The van der Waals surface area contributed by atoms with Gasteiger partial charge in [-0.05, 0) is 63.7 Å². The quantitative estimate of drug-likeness (QED) is 0.540. The fourth-order valence-electron chi connectivity index (χ4n) is 4.80. The highest BCUT2D eigenvalue weighted by Crippen LogP contribution is 2.40. The van der Waals surface area contributed by atoms with Crippen LogP contribution in [-0.4, -0.2) is 55.8 Å². The SMILES string of the molecule is C[C@@]1(C(=O)CC2CNC2)CCCN1c1nc(Nc2cc(C3CC3)[nH]n2)c2cccn2n1. The molecule has 0 amide bonds. The van der Waals surface area contributed by atoms with Gasteiger partial charge in [-0.1, -0.05) is 0 Å². The van der Waals surface area contributed by atoms with Gasteiger partial charge in [0, 0.05) is 36.8 Å². The van der Waals surface area contributed by atoms with Gasteiger partial charge in [0.05, 0.1) is 5.54 Å². The number of hydrogen-bond donors (Lipinski definition) is 3. The van der Waals surface area contributed by atoms with E-state index in [-0.39, 0.29) is 0 Å². The van der Waals surface area contributed by atoms with Gasteiger partial charge in [-0.15, -0.1) is 5.10 Å². The monoisotopic (exact) mass is 420 g/mol. The summed E-state index contributed by atoms with van der Waals surface area (Å²) in [5.41, 5.74) is 1.50. The molecule has 1 atom stereocenters. The summed E-state index contributed by atoms with van der Waals surface area (Å²) in [7, 11) is 0. The Hall–Kier alpha value is -2.94. The zero-order valence-corrected chi connectivity index (χ0v) is 17.8. The molecule has 3 N–H and O–H groups in total. The van der Waals surface area contributed by atoms with Crippen molar-refractivity contribution in [1.29, 1.82) is 0 Å². The summed E-state index contributed by atoms with van der Waals surface area (Å²) in [5.74, 6) is 3.41. The Bertz CT molecular complexity index is 1130. The van der Waals surface area contributed by atoms with E-state index in [4.69, 9.17) is 10.1 Å². The average molecular weight is 421 g/mol. The molecule has 9 nitrogen and oxygen atoms in total. The first-order valence-corrected chi connectivity index (χ1v) is 11.3. The molecular weight excluding hydrogens is 392 g/mol. The molecule has 2 saturated heterocycles. The molecule has 3 aromatic heterocycles. The minimum absolute atomic E-state index is 0.295. The Balaban J connectivity index is 1.32. The topological polar surface area (TPSA) is 103 Å². The van der Waals surface area contributed by atoms with E-state index in [0.717, 1.165) is 43.8 Å². The first kappa shape index (κ1) is 18.8. The van der Waals surface area contributed by atoms with E-state index >= 15 is 0 Å². The standard InChI is InChI=1S/C22H28N8O/c1-22(18(31)10-14-12-23-13-14)7-3-8-29(22)21-25-20(17-4-2-9-30(17)28-21)24-19-11-16(26-27-19)15-5-6-15/h2,4,9,11,14-15,23H,3,5-8,10,12-13H2,1H3,(H2,24,25,26,27,28)/t22-/m0/s1. The van der Waals surface area contributed by atoms with Crippen LogP contribution in [0.4, 0.5) is 17.6 Å². The van der Waals surface area contributed by atoms with Crippen molar-refractivity contribution < 1.29 is 4.79 Å². The van der Waals surface area contributed by atoms with E-state index in [9.17, 15) is 4.79 Å². The van der Waals surface area contributed by atoms with Crippen LogP contribution >= 0.6 is 0 Å². The molecular formula is C22H28N8O. The third kappa shape index (κ3) is 3.27. The summed E-state index contributed by atoms with van der Waals surface area (Å²) in [6, 6.07) is 6.00. The molecule has 0 radical (unpaired) electrons. The minimum atomic E-state index is -0.556. The van der Waals surface area contributed by atoms with Gasteiger partial charge in [0.1, 0.15) is 5.52 Å². The number of H-pyrrole nitrogens is 1. The summed E-state index contributed by atoms with van der Waals surface area (Å²) >= 11 is 0. The van der Waals surface area contributed by atoms with E-state index < -0.39 is 5.54 Å². The predicted octanol–water partition coefficient (Wildman–Crippen LogP) is 2.61. The lowest BCUT2D eigenvalue weighted by molar-refractivity contribution is -0.124. The number of rotatable bonds is 7. The smallest absolute Gasteiger partial charge is 0.246 e. The van der Waals surface area contributed by atoms with Crippen LogP contribution in [0.1, 0.15) is 50.6 Å². The molecule has 1 aliphatic carbocycles. The molecule has 6 rings (SSSR count). The number of nitrogens with zero attached hydrogens (tertiary/aromatic N) is 5. The molecule has 162 valence electrons. The fraction of sp³-hybridized carbons (Fsp3) is 0.545. The normalized spacial score (nSPS) is 24.0. The number of fused-ring (bicyclic) bond motifs is 1. The van der Waals surface area contributed by atoms with Crippen molar-refractivity contribution in [2.75, 3.05) is 29.9 Å². The third-order valence-electron chi connectivity index (χ3n) is 7.06. The molecule has 3 aromatic rings. The van der Waals surface area contributed by atoms with Crippen LogP contribution in [0.2, 0.25) is 0 Å². The molecule has 0 aromatic carbocycles. The Labute approximate surface area is 180 Å². The maximum absolute atomic E-state index is 13.3. The van der Waals surface area contributed by atoms with Crippen molar-refractivity contribution in [2.24, 2.45) is 5.92 Å². The zero-order chi connectivity index (χ0) is 21.0. The Morgan fingerprint density at radius 1 is 1.35 bits per heavy atom. The number of nitrogens with one attached hydrogen (secondary N) is 3. The highest BCUT2D eigenvalue weighted by atomic mass is 16.1. The van der Waals surface area contributed by atoms with E-state index in [1.54, 1.807) is 0 Å². The number of anilines is 3. The molecule has 9 heteroatoms. The van der Waals surface area contributed by atoms with Crippen LogP contribution in [0.25, 0.3) is 5.52 Å². The van der Waals surface area contributed by atoms with E-state index in [0.29, 0.717) is 35.8 Å². The highest BCUT2D eigenvalue weighted by molar-refractivity contribution is 5.92. The highest BCUT2D eigenvalue weighted by Gasteiger charge is 2.45. The van der Waals surface area contributed by atoms with Gasteiger partial charge < -0.3 is 15.5 Å². The fourth-order valence-corrected chi connectivity index (χ4v) is 4.80. The molecule has 0 spiro atoms. The molecule has 3 aliphatic rings. The van der Waals surface area contributed by atoms with Crippen molar-refractivity contribution in [1.82, 2.24) is 30.1 Å².